The molecule has 0 saturated carbocycles. The van der Waals surface area contributed by atoms with Gasteiger partial charge in [0.05, 0.1) is 11.4 Å². The molecule has 1 aliphatic heterocycles. The van der Waals surface area contributed by atoms with E-state index in [1.807, 2.05) is 4.68 Å². The number of hydrogen-bond donors (Lipinski definition) is 1. The van der Waals surface area contributed by atoms with Gasteiger partial charge in [0.2, 0.25) is 0 Å². The van der Waals surface area contributed by atoms with Gasteiger partial charge in [0.25, 0.3) is 0 Å². The van der Waals surface area contributed by atoms with Crippen molar-refractivity contribution < 1.29 is 4.39 Å². The minimum Gasteiger partial charge on any atom is -0.346 e. The predicted molar refractivity (Wildman–Crippen MR) is 102 cm³/mol. The molecule has 2 aromatic rings. The largest absolute Gasteiger partial charge is 0.346 e. The van der Waals surface area contributed by atoms with Crippen LogP contribution in [0.5, 0.6) is 0 Å². The molecule has 134 valence electrons. The van der Waals surface area contributed by atoms with Crippen molar-refractivity contribution in [3.8, 4) is 0 Å². The summed E-state index contributed by atoms with van der Waals surface area (Å²) in [5.74, 6) is -0.285. The van der Waals surface area contributed by atoms with Crippen LogP contribution in [-0.4, -0.2) is 50.9 Å². The zero-order valence-electron chi connectivity index (χ0n) is 14.7. The van der Waals surface area contributed by atoms with Crippen molar-refractivity contribution >= 4 is 23.0 Å². The molecule has 25 heavy (non-hydrogen) atoms. The van der Waals surface area contributed by atoms with Gasteiger partial charge in [-0.2, -0.15) is 5.10 Å². The first kappa shape index (κ1) is 17.8. The quantitative estimate of drug-likeness (QED) is 0.848. The standard InChI is InChI=1S/C18H24FN5S/c1-3-24-13-15(14(2)21-24)12-22-8-10-23(11-9-22)18(25)20-17-7-5-4-6-16(17)19/h4-7,13H,3,8-12H2,1-2H3,(H,20,25). The Labute approximate surface area is 153 Å². The average Bonchev–Trinajstić information content (AvgIpc) is 2.97. The van der Waals surface area contributed by atoms with Gasteiger partial charge in [0, 0.05) is 51.0 Å². The number of rotatable bonds is 4. The third kappa shape index (κ3) is 4.35. The van der Waals surface area contributed by atoms with Crippen LogP contribution in [-0.2, 0) is 13.1 Å². The average molecular weight is 361 g/mol. The minimum absolute atomic E-state index is 0.285. The highest BCUT2D eigenvalue weighted by Crippen LogP contribution is 2.15. The molecular weight excluding hydrogens is 337 g/mol. The van der Waals surface area contributed by atoms with Crippen LogP contribution in [0.25, 0.3) is 0 Å². The Morgan fingerprint density at radius 2 is 1.96 bits per heavy atom. The summed E-state index contributed by atoms with van der Waals surface area (Å²) in [6.45, 7) is 9.48. The number of nitrogens with one attached hydrogen (secondary N) is 1. The van der Waals surface area contributed by atoms with E-state index in [9.17, 15) is 4.39 Å². The monoisotopic (exact) mass is 361 g/mol. The molecule has 1 aliphatic rings. The van der Waals surface area contributed by atoms with Crippen LogP contribution < -0.4 is 5.32 Å². The fourth-order valence-electron chi connectivity index (χ4n) is 2.98. The molecule has 0 radical (unpaired) electrons. The lowest BCUT2D eigenvalue weighted by Gasteiger charge is -2.36. The topological polar surface area (TPSA) is 36.3 Å². The zero-order valence-corrected chi connectivity index (χ0v) is 15.5. The lowest BCUT2D eigenvalue weighted by atomic mass is 10.2. The van der Waals surface area contributed by atoms with Crippen molar-refractivity contribution in [1.29, 1.82) is 0 Å². The number of aromatic nitrogens is 2. The molecule has 1 aromatic carbocycles. The van der Waals surface area contributed by atoms with Crippen LogP contribution >= 0.6 is 12.2 Å². The number of aryl methyl sites for hydroxylation is 2. The Morgan fingerprint density at radius 3 is 2.60 bits per heavy atom. The summed E-state index contributed by atoms with van der Waals surface area (Å²) in [6, 6.07) is 6.60. The lowest BCUT2D eigenvalue weighted by molar-refractivity contribution is 0.176. The highest BCUT2D eigenvalue weighted by atomic mass is 32.1. The van der Waals surface area contributed by atoms with Crippen molar-refractivity contribution in [2.45, 2.75) is 26.9 Å². The minimum atomic E-state index is -0.285. The van der Waals surface area contributed by atoms with Crippen molar-refractivity contribution in [2.75, 3.05) is 31.5 Å². The van der Waals surface area contributed by atoms with E-state index in [2.05, 4.69) is 40.3 Å². The van der Waals surface area contributed by atoms with Gasteiger partial charge < -0.3 is 10.2 Å². The summed E-state index contributed by atoms with van der Waals surface area (Å²) in [5.41, 5.74) is 2.81. The maximum atomic E-state index is 13.7. The van der Waals surface area contributed by atoms with Crippen LogP contribution in [0.15, 0.2) is 30.5 Å². The molecule has 7 heteroatoms. The Hall–Kier alpha value is -1.99. The first-order chi connectivity index (χ1) is 12.1. The number of para-hydroxylation sites is 1. The molecule has 3 rings (SSSR count). The number of benzene rings is 1. The Morgan fingerprint density at radius 1 is 1.24 bits per heavy atom. The summed E-state index contributed by atoms with van der Waals surface area (Å²) in [7, 11) is 0. The van der Waals surface area contributed by atoms with E-state index >= 15 is 0 Å². The van der Waals surface area contributed by atoms with Gasteiger partial charge in [-0.3, -0.25) is 9.58 Å². The maximum absolute atomic E-state index is 13.7. The molecule has 1 aromatic heterocycles. The first-order valence-electron chi connectivity index (χ1n) is 8.62. The normalized spacial score (nSPS) is 15.4. The Kier molecular flexibility index (Phi) is 5.65. The summed E-state index contributed by atoms with van der Waals surface area (Å²) in [4.78, 5) is 4.51. The number of piperazine rings is 1. The second-order valence-electron chi connectivity index (χ2n) is 6.27. The van der Waals surface area contributed by atoms with Crippen molar-refractivity contribution in [3.05, 3.63) is 47.5 Å². The van der Waals surface area contributed by atoms with Gasteiger partial charge in [0.1, 0.15) is 5.82 Å². The van der Waals surface area contributed by atoms with Crippen LogP contribution in [0.4, 0.5) is 10.1 Å². The smallest absolute Gasteiger partial charge is 0.173 e. The summed E-state index contributed by atoms with van der Waals surface area (Å²) < 4.78 is 15.7. The van der Waals surface area contributed by atoms with Crippen LogP contribution in [0.2, 0.25) is 0 Å². The molecule has 5 nitrogen and oxygen atoms in total. The van der Waals surface area contributed by atoms with Gasteiger partial charge in [-0.25, -0.2) is 4.39 Å². The number of halogens is 1. The van der Waals surface area contributed by atoms with Crippen LogP contribution in [0, 0.1) is 12.7 Å². The summed E-state index contributed by atoms with van der Waals surface area (Å²) in [6.07, 6.45) is 2.13. The first-order valence-corrected chi connectivity index (χ1v) is 9.03. The van der Waals surface area contributed by atoms with Crippen LogP contribution in [0.3, 0.4) is 0 Å². The number of nitrogens with zero attached hydrogens (tertiary/aromatic N) is 4. The molecule has 0 amide bonds. The molecule has 1 fully saturated rings. The van der Waals surface area contributed by atoms with E-state index < -0.39 is 0 Å². The van der Waals surface area contributed by atoms with Gasteiger partial charge in [-0.1, -0.05) is 12.1 Å². The second kappa shape index (κ2) is 7.93. The SMILES string of the molecule is CCn1cc(CN2CCN(C(=S)Nc3ccccc3F)CC2)c(C)n1. The highest BCUT2D eigenvalue weighted by molar-refractivity contribution is 7.80. The summed E-state index contributed by atoms with van der Waals surface area (Å²) in [5, 5.41) is 8.10. The third-order valence-corrected chi connectivity index (χ3v) is 4.90. The molecule has 0 atom stereocenters. The number of hydrogen-bond acceptors (Lipinski definition) is 3. The lowest BCUT2D eigenvalue weighted by Crippen LogP contribution is -2.49. The van der Waals surface area contributed by atoms with Gasteiger partial charge in [-0.15, -0.1) is 0 Å². The van der Waals surface area contributed by atoms with Gasteiger partial charge in [0.15, 0.2) is 5.11 Å². The fraction of sp³-hybridized carbons (Fsp3) is 0.444. The molecule has 0 aliphatic carbocycles. The molecule has 0 unspecified atom stereocenters. The molecule has 1 N–H and O–H groups in total. The van der Waals surface area contributed by atoms with E-state index in [1.165, 1.54) is 11.6 Å². The van der Waals surface area contributed by atoms with Crippen molar-refractivity contribution in [1.82, 2.24) is 19.6 Å². The molecular formula is C18H24FN5S. The van der Waals surface area contributed by atoms with E-state index in [-0.39, 0.29) is 5.82 Å². The predicted octanol–water partition coefficient (Wildman–Crippen LogP) is 2.87. The van der Waals surface area contributed by atoms with E-state index in [0.29, 0.717) is 10.8 Å². The van der Waals surface area contributed by atoms with E-state index in [0.717, 1.165) is 45.0 Å². The fourth-order valence-corrected chi connectivity index (χ4v) is 3.28. The maximum Gasteiger partial charge on any atom is 0.173 e. The van der Waals surface area contributed by atoms with Gasteiger partial charge >= 0.3 is 0 Å². The molecule has 0 bridgehead atoms. The zero-order chi connectivity index (χ0) is 17.8. The number of thiocarbonyl (C=S) groups is 1. The Bertz CT molecular complexity index is 737. The second-order valence-corrected chi connectivity index (χ2v) is 6.66. The van der Waals surface area contributed by atoms with Crippen LogP contribution in [0.1, 0.15) is 18.2 Å². The summed E-state index contributed by atoms with van der Waals surface area (Å²) >= 11 is 5.44. The van der Waals surface area contributed by atoms with E-state index in [1.54, 1.807) is 18.2 Å². The van der Waals surface area contributed by atoms with Crippen molar-refractivity contribution in [3.63, 3.8) is 0 Å². The Balaban J connectivity index is 1.52. The molecule has 2 heterocycles. The third-order valence-electron chi connectivity index (χ3n) is 4.54. The highest BCUT2D eigenvalue weighted by Gasteiger charge is 2.20. The molecule has 0 spiro atoms. The molecule has 1 saturated heterocycles. The number of anilines is 1. The van der Waals surface area contributed by atoms with Crippen molar-refractivity contribution in [2.24, 2.45) is 0 Å². The van der Waals surface area contributed by atoms with E-state index in [4.69, 9.17) is 12.2 Å². The van der Waals surface area contributed by atoms with Gasteiger partial charge in [-0.05, 0) is 38.2 Å².